The van der Waals surface area contributed by atoms with Gasteiger partial charge in [0.25, 0.3) is 5.91 Å². The van der Waals surface area contributed by atoms with Crippen molar-refractivity contribution in [2.45, 2.75) is 165 Å². The Kier molecular flexibility index (Phi) is 19.1. The molecule has 3 aromatic heterocycles. The maximum Gasteiger partial charge on any atom is 0.255 e. The van der Waals surface area contributed by atoms with Gasteiger partial charge in [-0.15, -0.1) is 15.3 Å². The summed E-state index contributed by atoms with van der Waals surface area (Å²) in [6, 6.07) is 10.5. The van der Waals surface area contributed by atoms with E-state index in [2.05, 4.69) is 85.9 Å². The van der Waals surface area contributed by atoms with E-state index in [1.54, 1.807) is 6.20 Å². The molecule has 31 heteroatoms. The number of aliphatic hydroxyl groups is 6. The number of aromatic nitrogens is 9. The van der Waals surface area contributed by atoms with Crippen LogP contribution in [0, 0.1) is 0 Å². The Bertz CT molecular complexity index is 3720. The molecule has 0 bridgehead atoms. The Labute approximate surface area is 558 Å². The lowest BCUT2D eigenvalue weighted by Gasteiger charge is -2.49. The van der Waals surface area contributed by atoms with Crippen molar-refractivity contribution in [3.05, 3.63) is 117 Å². The van der Waals surface area contributed by atoms with Crippen LogP contribution in [0.3, 0.4) is 0 Å². The zero-order chi connectivity index (χ0) is 67.2. The van der Waals surface area contributed by atoms with Gasteiger partial charge in [0, 0.05) is 125 Å². The molecule has 8 aliphatic rings. The molecule has 14 rings (SSSR count). The number of aliphatic hydroxyl groups excluding tert-OH is 6. The summed E-state index contributed by atoms with van der Waals surface area (Å²) in [6.07, 6.45) is 1.95. The van der Waals surface area contributed by atoms with E-state index in [0.717, 1.165) is 106 Å². The summed E-state index contributed by atoms with van der Waals surface area (Å²) in [5, 5.41) is 97.0. The molecule has 4 amide bonds. The average molecular weight is 1340 g/mol. The van der Waals surface area contributed by atoms with E-state index in [1.165, 1.54) is 73.9 Å². The zero-order valence-corrected chi connectivity index (χ0v) is 54.3. The Hall–Kier alpha value is -8.08. The van der Waals surface area contributed by atoms with Gasteiger partial charge in [0.15, 0.2) is 12.5 Å². The number of ether oxygens (including phenoxy) is 5. The van der Waals surface area contributed by atoms with Gasteiger partial charge in [-0.05, 0) is 86.3 Å². The van der Waals surface area contributed by atoms with Crippen LogP contribution in [0.15, 0.2) is 55.0 Å². The SMILES string of the molecule is CC(=O)N[C@H]1C(n2cc(CN(Cc3cn(CCC(=O)NCCOCCOCCN4C(=O)c5ccccc5C45c4cc6c7c(c4Oc4c5cc5c8c4CCCN8CCC5)CCCN7CCC6)nn3)Cc3cn(C4O[C@H](CO)[C@H](O)[C@@H](O)[C@H]4NC(C)=O)nn3)nn2)O[C@H](CO)[C@H](O)[C@H]1O. The molecule has 10 atom stereocenters. The monoisotopic (exact) mass is 1340 g/mol. The quantitative estimate of drug-likeness (QED) is 0.0341. The van der Waals surface area contributed by atoms with Crippen molar-refractivity contribution in [3.8, 4) is 11.5 Å². The first kappa shape index (κ1) is 66.2. The maximum atomic E-state index is 15.1. The van der Waals surface area contributed by atoms with Crippen LogP contribution in [-0.4, -0.2) is 237 Å². The Balaban J connectivity index is 0.601. The normalized spacial score (nSPS) is 25.1. The number of nitrogens with one attached hydrogen (secondary N) is 3. The third kappa shape index (κ3) is 12.6. The predicted molar refractivity (Wildman–Crippen MR) is 342 cm³/mol. The molecule has 1 spiro atoms. The Morgan fingerprint density at radius 2 is 1.13 bits per heavy atom. The van der Waals surface area contributed by atoms with Crippen LogP contribution < -0.4 is 30.5 Å². The first-order valence-electron chi connectivity index (χ1n) is 33.7. The number of nitrogens with zero attached hydrogens (tertiary/aromatic N) is 13. The number of hydrogen-bond acceptors (Lipinski definition) is 24. The topological polar surface area (TPSA) is 377 Å². The number of benzene rings is 3. The predicted octanol–water partition coefficient (Wildman–Crippen LogP) is -0.613. The van der Waals surface area contributed by atoms with E-state index >= 15 is 4.79 Å². The molecule has 2 fully saturated rings. The highest BCUT2D eigenvalue weighted by Gasteiger charge is 2.58. The number of hydrogen-bond donors (Lipinski definition) is 9. The molecule has 6 aromatic rings. The fourth-order valence-corrected chi connectivity index (χ4v) is 15.8. The van der Waals surface area contributed by atoms with Gasteiger partial charge in [-0.25, -0.2) is 9.36 Å². The molecule has 2 saturated heterocycles. The van der Waals surface area contributed by atoms with Crippen LogP contribution in [0.5, 0.6) is 11.5 Å². The summed E-state index contributed by atoms with van der Waals surface area (Å²) >= 11 is 0. The van der Waals surface area contributed by atoms with Gasteiger partial charge in [-0.2, -0.15) is 0 Å². The van der Waals surface area contributed by atoms with Crippen LogP contribution in [0.25, 0.3) is 0 Å². The van der Waals surface area contributed by atoms with Gasteiger partial charge in [-0.3, -0.25) is 28.8 Å². The highest BCUT2D eigenvalue weighted by atomic mass is 16.6. The molecular weight excluding hydrogens is 1260 g/mol. The van der Waals surface area contributed by atoms with Gasteiger partial charge in [-0.1, -0.05) is 33.8 Å². The van der Waals surface area contributed by atoms with E-state index in [1.807, 2.05) is 17.0 Å². The number of carbonyl (C=O) groups excluding carboxylic acids is 4. The number of carbonyl (C=O) groups is 4. The number of aryl methyl sites for hydroxylation is 3. The van der Waals surface area contributed by atoms with Crippen LogP contribution >= 0.6 is 0 Å². The van der Waals surface area contributed by atoms with E-state index in [4.69, 9.17) is 23.7 Å². The zero-order valence-electron chi connectivity index (χ0n) is 54.3. The number of amides is 4. The molecule has 0 aliphatic carbocycles. The standard InChI is InChI=1S/C66H84N16O15/c1-37(85)68-53-59(90)57(88)50(35-83)95-64(53)81-33-42(71-74-81)30-76(31-43-34-82(75-72-43)65-54(69-38(2)86)60(91)58(89)51(36-84)96-65)29-41-32-79(73-70-41)21-15-52(87)67-16-23-93-25-26-94-24-22-80-63(92)44-11-3-4-14-47(44)66(80)48-27-39-9-5-17-77-19-7-12-45(55(39)77)61(48)97-62-46-13-8-20-78-18-6-10-40(56(46)78)28-49(62)66/h3-4,11,14,27-28,32-34,50-51,53-54,57-60,64-65,83-84,88-91H,5-10,12-13,15-26,29-31,35-36H2,1-2H3,(H,67,87)(H,68,85)(H,69,86)/t50-,51-,53-,54-,57+,58+,59+,60+,64?,65?/m1/s1. The molecule has 2 unspecified atom stereocenters. The molecule has 9 N–H and O–H groups in total. The first-order valence-corrected chi connectivity index (χ1v) is 33.7. The van der Waals surface area contributed by atoms with Crippen LogP contribution in [0.4, 0.5) is 11.4 Å². The minimum atomic E-state index is -1.53. The molecule has 31 nitrogen and oxygen atoms in total. The molecule has 0 saturated carbocycles. The highest BCUT2D eigenvalue weighted by molar-refractivity contribution is 6.03. The number of anilines is 2. The van der Waals surface area contributed by atoms with Crippen molar-refractivity contribution < 1.29 is 73.5 Å². The van der Waals surface area contributed by atoms with Crippen molar-refractivity contribution in [2.24, 2.45) is 0 Å². The molecule has 97 heavy (non-hydrogen) atoms. The highest BCUT2D eigenvalue weighted by Crippen LogP contribution is 2.63. The average Bonchev–Trinajstić information content (AvgIpc) is 1.60. The van der Waals surface area contributed by atoms with Gasteiger partial charge in [0.05, 0.1) is 75.7 Å². The van der Waals surface area contributed by atoms with Crippen LogP contribution in [0.2, 0.25) is 0 Å². The Morgan fingerprint density at radius 3 is 1.67 bits per heavy atom. The summed E-state index contributed by atoms with van der Waals surface area (Å²) < 4.78 is 35.6. The lowest BCUT2D eigenvalue weighted by atomic mass is 9.70. The third-order valence-corrected chi connectivity index (χ3v) is 20.0. The maximum absolute atomic E-state index is 15.1. The van der Waals surface area contributed by atoms with Gasteiger partial charge in [0.1, 0.15) is 65.7 Å². The van der Waals surface area contributed by atoms with E-state index in [0.29, 0.717) is 29.2 Å². The van der Waals surface area contributed by atoms with Crippen molar-refractivity contribution in [1.82, 2.24) is 70.7 Å². The smallest absolute Gasteiger partial charge is 0.255 e. The molecule has 8 aliphatic heterocycles. The molecule has 518 valence electrons. The second-order valence-corrected chi connectivity index (χ2v) is 26.4. The first-order chi connectivity index (χ1) is 47.1. The van der Waals surface area contributed by atoms with Crippen molar-refractivity contribution in [2.75, 3.05) is 88.7 Å². The van der Waals surface area contributed by atoms with E-state index in [9.17, 15) is 45.0 Å². The molecule has 0 radical (unpaired) electrons. The van der Waals surface area contributed by atoms with Gasteiger partial charge >= 0.3 is 0 Å². The summed E-state index contributed by atoms with van der Waals surface area (Å²) in [5.41, 5.74) is 11.9. The number of fused-ring (bicyclic) bond motifs is 8. The van der Waals surface area contributed by atoms with E-state index < -0.39 is 91.7 Å². The number of rotatable bonds is 24. The summed E-state index contributed by atoms with van der Waals surface area (Å²) in [6.45, 7) is 7.43. The second-order valence-electron chi connectivity index (χ2n) is 26.4. The molecular formula is C66H84N16O15. The fraction of sp³-hybridized carbons (Fsp3) is 0.576. The lowest BCUT2D eigenvalue weighted by Crippen LogP contribution is -2.62. The van der Waals surface area contributed by atoms with Gasteiger partial charge in [0.2, 0.25) is 17.7 Å². The van der Waals surface area contributed by atoms with Gasteiger partial charge < -0.3 is 85.0 Å². The summed E-state index contributed by atoms with van der Waals surface area (Å²) in [5.74, 6) is 0.538. The Morgan fingerprint density at radius 1 is 0.629 bits per heavy atom. The van der Waals surface area contributed by atoms with Crippen molar-refractivity contribution in [1.29, 1.82) is 0 Å². The largest absolute Gasteiger partial charge is 0.456 e. The van der Waals surface area contributed by atoms with Crippen LogP contribution in [-0.2, 0) is 90.7 Å². The third-order valence-electron chi connectivity index (χ3n) is 20.0. The minimum Gasteiger partial charge on any atom is -0.456 e. The van der Waals surface area contributed by atoms with Crippen molar-refractivity contribution >= 4 is 35.0 Å². The minimum absolute atomic E-state index is 0.0260. The second kappa shape index (κ2) is 28.0. The molecule has 11 heterocycles. The summed E-state index contributed by atoms with van der Waals surface area (Å²) in [4.78, 5) is 61.8. The molecule has 3 aromatic carbocycles. The fourth-order valence-electron chi connectivity index (χ4n) is 15.8. The lowest BCUT2D eigenvalue weighted by molar-refractivity contribution is -0.219. The van der Waals surface area contributed by atoms with Crippen molar-refractivity contribution in [3.63, 3.8) is 0 Å². The van der Waals surface area contributed by atoms with Crippen LogP contribution in [0.1, 0.15) is 125 Å². The van der Waals surface area contributed by atoms with E-state index in [-0.39, 0.29) is 77.4 Å². The summed E-state index contributed by atoms with van der Waals surface area (Å²) in [7, 11) is 0.